The van der Waals surface area contributed by atoms with Gasteiger partial charge < -0.3 is 0 Å². The second-order valence-corrected chi connectivity index (χ2v) is 6.81. The number of aromatic nitrogens is 4. The van der Waals surface area contributed by atoms with E-state index in [2.05, 4.69) is 41.0 Å². The predicted octanol–water partition coefficient (Wildman–Crippen LogP) is 2.71. The first kappa shape index (κ1) is 17.8. The lowest BCUT2D eigenvalue weighted by atomic mass is 10.0. The van der Waals surface area contributed by atoms with Crippen LogP contribution >= 0.6 is 0 Å². The summed E-state index contributed by atoms with van der Waals surface area (Å²) in [6.45, 7) is 9.60. The van der Waals surface area contributed by atoms with Gasteiger partial charge in [0.25, 0.3) is 11.3 Å². The molecule has 0 bridgehead atoms. The smallest absolute Gasteiger partial charge is 0.277 e. The van der Waals surface area contributed by atoms with Crippen molar-refractivity contribution in [3.8, 4) is 0 Å². The van der Waals surface area contributed by atoms with Gasteiger partial charge in [-0.15, -0.1) is 0 Å². The van der Waals surface area contributed by atoms with Crippen molar-refractivity contribution < 1.29 is 4.79 Å². The molecule has 0 aliphatic carbocycles. The SMILES string of the molecule is CC(=O)N(Cc1ccc(C(C)C)cc1)c1nc2nc(C)c(C)c(=O)n2[nH]1. The zero-order chi connectivity index (χ0) is 19.0. The van der Waals surface area contributed by atoms with E-state index in [1.54, 1.807) is 13.8 Å². The van der Waals surface area contributed by atoms with Crippen LogP contribution < -0.4 is 10.5 Å². The molecule has 0 unspecified atom stereocenters. The van der Waals surface area contributed by atoms with Crippen molar-refractivity contribution in [1.29, 1.82) is 0 Å². The Labute approximate surface area is 151 Å². The van der Waals surface area contributed by atoms with E-state index >= 15 is 0 Å². The Morgan fingerprint density at radius 2 is 1.85 bits per heavy atom. The molecule has 0 aliphatic rings. The van der Waals surface area contributed by atoms with E-state index < -0.39 is 0 Å². The topological polar surface area (TPSA) is 83.4 Å². The van der Waals surface area contributed by atoms with Crippen molar-refractivity contribution in [3.05, 3.63) is 57.0 Å². The molecule has 0 saturated carbocycles. The Morgan fingerprint density at radius 3 is 2.42 bits per heavy atom. The predicted molar refractivity (Wildman–Crippen MR) is 100 cm³/mol. The summed E-state index contributed by atoms with van der Waals surface area (Å²) in [4.78, 5) is 34.7. The van der Waals surface area contributed by atoms with Crippen LogP contribution in [0.2, 0.25) is 0 Å². The number of nitrogens with one attached hydrogen (secondary N) is 1. The van der Waals surface area contributed by atoms with Gasteiger partial charge in [-0.2, -0.15) is 9.50 Å². The average molecular weight is 353 g/mol. The minimum atomic E-state index is -0.212. The van der Waals surface area contributed by atoms with Crippen LogP contribution in [0.1, 0.15) is 49.1 Å². The minimum Gasteiger partial charge on any atom is -0.277 e. The summed E-state index contributed by atoms with van der Waals surface area (Å²) in [5.41, 5.74) is 3.20. The Balaban J connectivity index is 1.98. The van der Waals surface area contributed by atoms with Crippen LogP contribution in [-0.4, -0.2) is 25.5 Å². The third-order valence-corrected chi connectivity index (χ3v) is 4.57. The van der Waals surface area contributed by atoms with Gasteiger partial charge in [0.2, 0.25) is 11.9 Å². The number of amides is 1. The molecule has 1 aromatic carbocycles. The molecule has 3 aromatic rings. The first-order valence-electron chi connectivity index (χ1n) is 8.61. The summed E-state index contributed by atoms with van der Waals surface area (Å²) in [5.74, 6) is 0.848. The number of carbonyl (C=O) groups excluding carboxylic acids is 1. The molecule has 2 heterocycles. The van der Waals surface area contributed by atoms with Gasteiger partial charge in [0.1, 0.15) is 0 Å². The van der Waals surface area contributed by atoms with Crippen molar-refractivity contribution in [3.63, 3.8) is 0 Å². The number of benzene rings is 1. The molecule has 0 aliphatic heterocycles. The minimum absolute atomic E-state index is 0.168. The average Bonchev–Trinajstić information content (AvgIpc) is 3.01. The summed E-state index contributed by atoms with van der Waals surface area (Å²) in [6, 6.07) is 8.14. The van der Waals surface area contributed by atoms with Gasteiger partial charge in [0.15, 0.2) is 0 Å². The second-order valence-electron chi connectivity index (χ2n) is 6.81. The van der Waals surface area contributed by atoms with Crippen molar-refractivity contribution in [2.75, 3.05) is 4.90 Å². The van der Waals surface area contributed by atoms with E-state index in [9.17, 15) is 9.59 Å². The fourth-order valence-corrected chi connectivity index (χ4v) is 2.74. The molecular formula is C19H23N5O2. The van der Waals surface area contributed by atoms with E-state index in [-0.39, 0.29) is 17.2 Å². The lowest BCUT2D eigenvalue weighted by molar-refractivity contribution is -0.116. The first-order chi connectivity index (χ1) is 12.3. The maximum atomic E-state index is 12.4. The molecule has 0 radical (unpaired) electrons. The number of rotatable bonds is 4. The number of H-pyrrole nitrogens is 1. The zero-order valence-corrected chi connectivity index (χ0v) is 15.7. The summed E-state index contributed by atoms with van der Waals surface area (Å²) in [7, 11) is 0. The monoisotopic (exact) mass is 353 g/mol. The zero-order valence-electron chi connectivity index (χ0n) is 15.7. The lowest BCUT2D eigenvalue weighted by Crippen LogP contribution is -2.29. The van der Waals surface area contributed by atoms with Crippen LogP contribution in [0.4, 0.5) is 5.95 Å². The van der Waals surface area contributed by atoms with E-state index in [1.165, 1.54) is 21.9 Å². The van der Waals surface area contributed by atoms with Crippen molar-refractivity contribution in [1.82, 2.24) is 19.6 Å². The molecule has 3 rings (SSSR count). The third-order valence-electron chi connectivity index (χ3n) is 4.57. The van der Waals surface area contributed by atoms with Gasteiger partial charge in [-0.25, -0.2) is 4.98 Å². The molecular weight excluding hydrogens is 330 g/mol. The molecule has 7 heteroatoms. The molecule has 0 fully saturated rings. The number of aromatic amines is 1. The maximum absolute atomic E-state index is 12.4. The second kappa shape index (κ2) is 6.74. The number of hydrogen-bond donors (Lipinski definition) is 1. The quantitative estimate of drug-likeness (QED) is 0.782. The van der Waals surface area contributed by atoms with Gasteiger partial charge in [0.05, 0.1) is 6.54 Å². The summed E-state index contributed by atoms with van der Waals surface area (Å²) >= 11 is 0. The van der Waals surface area contributed by atoms with Gasteiger partial charge in [0, 0.05) is 18.2 Å². The highest BCUT2D eigenvalue weighted by Crippen LogP contribution is 2.18. The van der Waals surface area contributed by atoms with E-state index in [0.29, 0.717) is 29.7 Å². The van der Waals surface area contributed by atoms with E-state index in [4.69, 9.17) is 0 Å². The van der Waals surface area contributed by atoms with Crippen molar-refractivity contribution in [2.45, 2.75) is 47.1 Å². The number of nitrogens with zero attached hydrogens (tertiary/aromatic N) is 4. The van der Waals surface area contributed by atoms with Crippen LogP contribution in [0.3, 0.4) is 0 Å². The van der Waals surface area contributed by atoms with Crippen molar-refractivity contribution in [2.24, 2.45) is 0 Å². The molecule has 1 amide bonds. The van der Waals surface area contributed by atoms with Crippen LogP contribution in [0.15, 0.2) is 29.1 Å². The molecule has 7 nitrogen and oxygen atoms in total. The summed E-state index contributed by atoms with van der Waals surface area (Å²) in [6.07, 6.45) is 0. The number of anilines is 1. The maximum Gasteiger partial charge on any atom is 0.277 e. The van der Waals surface area contributed by atoms with Gasteiger partial charge >= 0.3 is 0 Å². The fourth-order valence-electron chi connectivity index (χ4n) is 2.74. The molecule has 0 spiro atoms. The highest BCUT2D eigenvalue weighted by atomic mass is 16.2. The van der Waals surface area contributed by atoms with E-state index in [0.717, 1.165) is 5.56 Å². The summed E-state index contributed by atoms with van der Waals surface area (Å²) in [5, 5.41) is 2.90. The van der Waals surface area contributed by atoms with Crippen LogP contribution in [0.5, 0.6) is 0 Å². The highest BCUT2D eigenvalue weighted by Gasteiger charge is 2.18. The molecule has 0 atom stereocenters. The lowest BCUT2D eigenvalue weighted by Gasteiger charge is -2.18. The highest BCUT2D eigenvalue weighted by molar-refractivity contribution is 5.89. The number of fused-ring (bicyclic) bond motifs is 1. The number of aryl methyl sites for hydroxylation is 1. The molecule has 0 saturated heterocycles. The molecule has 26 heavy (non-hydrogen) atoms. The Bertz CT molecular complexity index is 1010. The molecule has 2 aromatic heterocycles. The molecule has 1 N–H and O–H groups in total. The van der Waals surface area contributed by atoms with Crippen LogP contribution in [0.25, 0.3) is 5.78 Å². The van der Waals surface area contributed by atoms with E-state index in [1.807, 2.05) is 12.1 Å². The van der Waals surface area contributed by atoms with Crippen LogP contribution in [0, 0.1) is 13.8 Å². The standard InChI is InChI=1S/C19H23N5O2/c1-11(2)16-8-6-15(7-9-16)10-23(14(5)25)19-21-18-20-13(4)12(3)17(26)24(18)22-19/h6-9,11H,10H2,1-5H3,(H,20,21,22). The van der Waals surface area contributed by atoms with Crippen molar-refractivity contribution >= 4 is 17.6 Å². The Morgan fingerprint density at radius 1 is 1.19 bits per heavy atom. The summed E-state index contributed by atoms with van der Waals surface area (Å²) < 4.78 is 1.27. The number of hydrogen-bond acceptors (Lipinski definition) is 4. The first-order valence-corrected chi connectivity index (χ1v) is 8.61. The Hall–Kier alpha value is -2.96. The van der Waals surface area contributed by atoms with Gasteiger partial charge in [-0.1, -0.05) is 38.1 Å². The normalized spacial score (nSPS) is 11.3. The third kappa shape index (κ3) is 3.24. The Kier molecular flexibility index (Phi) is 4.63. The fraction of sp³-hybridized carbons (Fsp3) is 0.368. The van der Waals surface area contributed by atoms with Crippen LogP contribution in [-0.2, 0) is 11.3 Å². The number of carbonyl (C=O) groups is 1. The van der Waals surface area contributed by atoms with Gasteiger partial charge in [-0.3, -0.25) is 19.6 Å². The largest absolute Gasteiger partial charge is 0.277 e. The molecule has 136 valence electrons. The van der Waals surface area contributed by atoms with Gasteiger partial charge in [-0.05, 0) is 30.9 Å².